The van der Waals surface area contributed by atoms with Crippen LogP contribution in [0.2, 0.25) is 0 Å². The Morgan fingerprint density at radius 2 is 1.94 bits per heavy atom. The van der Waals surface area contributed by atoms with E-state index in [9.17, 15) is 28.0 Å². The fourth-order valence-electron chi connectivity index (χ4n) is 3.09. The van der Waals surface area contributed by atoms with Crippen LogP contribution < -0.4 is 27.2 Å². The zero-order valence-corrected chi connectivity index (χ0v) is 18.6. The van der Waals surface area contributed by atoms with Crippen LogP contribution in [0.25, 0.3) is 0 Å². The maximum Gasteiger partial charge on any atom is 0.330 e. The maximum absolute atomic E-state index is 13.7. The van der Waals surface area contributed by atoms with Gasteiger partial charge in [-0.15, -0.1) is 0 Å². The van der Waals surface area contributed by atoms with E-state index in [0.29, 0.717) is 0 Å². The van der Waals surface area contributed by atoms with Crippen LogP contribution >= 0.6 is 0 Å². The lowest BCUT2D eigenvalue weighted by Crippen LogP contribution is -2.43. The molecule has 0 bridgehead atoms. The predicted molar refractivity (Wildman–Crippen MR) is 119 cm³/mol. The molecule has 0 aliphatic heterocycles. The summed E-state index contributed by atoms with van der Waals surface area (Å²) in [5.74, 6) is -3.10. The van der Waals surface area contributed by atoms with Crippen LogP contribution in [0.15, 0.2) is 27.8 Å². The molecule has 2 amide bonds. The summed E-state index contributed by atoms with van der Waals surface area (Å²) in [5.41, 5.74) is 3.94. The fraction of sp³-hybridized carbons (Fsp3) is 0.429. The van der Waals surface area contributed by atoms with Gasteiger partial charge in [0.1, 0.15) is 17.5 Å². The van der Waals surface area contributed by atoms with E-state index in [-0.39, 0.29) is 55.6 Å². The van der Waals surface area contributed by atoms with E-state index >= 15 is 0 Å². The molecule has 1 aromatic carbocycles. The topological polar surface area (TPSA) is 140 Å². The van der Waals surface area contributed by atoms with E-state index in [2.05, 4.69) is 10.3 Å². The molecule has 0 saturated carbocycles. The Kier molecular flexibility index (Phi) is 8.85. The highest BCUT2D eigenvalue weighted by Gasteiger charge is 2.25. The number of nitrogen functional groups attached to an aromatic ring is 1. The lowest BCUT2D eigenvalue weighted by molar-refractivity contribution is -0.122. The van der Waals surface area contributed by atoms with Gasteiger partial charge >= 0.3 is 5.69 Å². The van der Waals surface area contributed by atoms with Crippen LogP contribution in [0, 0.1) is 17.6 Å². The minimum atomic E-state index is -0.853. The molecule has 180 valence electrons. The van der Waals surface area contributed by atoms with Crippen molar-refractivity contribution in [3.63, 3.8) is 0 Å². The molecule has 0 spiro atoms. The lowest BCUT2D eigenvalue weighted by atomic mass is 10.2. The summed E-state index contributed by atoms with van der Waals surface area (Å²) in [7, 11) is 1.40. The number of anilines is 3. The van der Waals surface area contributed by atoms with Crippen molar-refractivity contribution in [3.05, 3.63) is 50.7 Å². The SMILES string of the molecule is COCCN(C(=O)CCC(=O)Nc1cc(F)ccc1F)c1c(N)n(CC(C)C)c(=O)[nH]c1=O. The molecule has 0 aliphatic rings. The van der Waals surface area contributed by atoms with E-state index in [1.54, 1.807) is 0 Å². The monoisotopic (exact) mass is 467 g/mol. The summed E-state index contributed by atoms with van der Waals surface area (Å²) >= 11 is 0. The summed E-state index contributed by atoms with van der Waals surface area (Å²) < 4.78 is 33.2. The number of carbonyl (C=O) groups is 2. The van der Waals surface area contributed by atoms with Crippen LogP contribution in [0.5, 0.6) is 0 Å². The van der Waals surface area contributed by atoms with Gasteiger partial charge in [0.2, 0.25) is 11.8 Å². The second-order valence-corrected chi connectivity index (χ2v) is 7.71. The van der Waals surface area contributed by atoms with Crippen LogP contribution in [-0.2, 0) is 20.9 Å². The molecule has 10 nitrogen and oxygen atoms in total. The maximum atomic E-state index is 13.7. The molecule has 0 aliphatic carbocycles. The third kappa shape index (κ3) is 6.72. The number of benzene rings is 1. The minimum absolute atomic E-state index is 0.0267. The summed E-state index contributed by atoms with van der Waals surface area (Å²) in [4.78, 5) is 53.0. The normalized spacial score (nSPS) is 11.0. The first-order valence-corrected chi connectivity index (χ1v) is 10.2. The van der Waals surface area contributed by atoms with Gasteiger partial charge in [0.25, 0.3) is 5.56 Å². The number of aromatic amines is 1. The van der Waals surface area contributed by atoms with E-state index in [1.807, 2.05) is 13.8 Å². The molecular formula is C21H27F2N5O5. The highest BCUT2D eigenvalue weighted by atomic mass is 19.1. The summed E-state index contributed by atoms with van der Waals surface area (Å²) in [6.07, 6.45) is -0.740. The largest absolute Gasteiger partial charge is 0.383 e. The number of hydrogen-bond donors (Lipinski definition) is 3. The Labute approximate surface area is 188 Å². The molecule has 2 aromatic rings. The second kappa shape index (κ2) is 11.4. The molecule has 0 atom stereocenters. The Hall–Kier alpha value is -3.54. The molecule has 0 unspecified atom stereocenters. The number of aromatic nitrogens is 2. The van der Waals surface area contributed by atoms with Crippen molar-refractivity contribution in [1.82, 2.24) is 9.55 Å². The number of amides is 2. The van der Waals surface area contributed by atoms with E-state index in [1.165, 1.54) is 7.11 Å². The number of H-pyrrole nitrogens is 1. The van der Waals surface area contributed by atoms with Crippen LogP contribution in [-0.4, -0.2) is 41.6 Å². The Morgan fingerprint density at radius 3 is 2.58 bits per heavy atom. The third-order valence-electron chi connectivity index (χ3n) is 4.62. The zero-order chi connectivity index (χ0) is 24.7. The molecule has 0 saturated heterocycles. The zero-order valence-electron chi connectivity index (χ0n) is 18.6. The van der Waals surface area contributed by atoms with Crippen molar-refractivity contribution in [2.75, 3.05) is 36.2 Å². The molecule has 4 N–H and O–H groups in total. The molecule has 1 heterocycles. The van der Waals surface area contributed by atoms with Gasteiger partial charge in [-0.3, -0.25) is 23.9 Å². The molecule has 2 rings (SSSR count). The summed E-state index contributed by atoms with van der Waals surface area (Å²) in [6, 6.07) is 2.59. The van der Waals surface area contributed by atoms with Crippen molar-refractivity contribution in [1.29, 1.82) is 0 Å². The van der Waals surface area contributed by atoms with Gasteiger partial charge in [-0.05, 0) is 18.1 Å². The average Bonchev–Trinajstić information content (AvgIpc) is 2.74. The minimum Gasteiger partial charge on any atom is -0.383 e. The number of hydrogen-bond acceptors (Lipinski definition) is 6. The smallest absolute Gasteiger partial charge is 0.330 e. The number of methoxy groups -OCH3 is 1. The van der Waals surface area contributed by atoms with Gasteiger partial charge < -0.3 is 20.7 Å². The summed E-state index contributed by atoms with van der Waals surface area (Å²) in [6.45, 7) is 3.90. The predicted octanol–water partition coefficient (Wildman–Crippen LogP) is 1.45. The van der Waals surface area contributed by atoms with Crippen molar-refractivity contribution in [2.24, 2.45) is 5.92 Å². The molecule has 33 heavy (non-hydrogen) atoms. The van der Waals surface area contributed by atoms with E-state index < -0.39 is 34.7 Å². The highest BCUT2D eigenvalue weighted by molar-refractivity contribution is 5.99. The number of carbonyl (C=O) groups excluding carboxylic acids is 2. The first-order chi connectivity index (χ1) is 15.5. The first kappa shape index (κ1) is 25.7. The van der Waals surface area contributed by atoms with Gasteiger partial charge in [0.05, 0.1) is 12.3 Å². The van der Waals surface area contributed by atoms with Crippen molar-refractivity contribution in [2.45, 2.75) is 33.2 Å². The highest BCUT2D eigenvalue weighted by Crippen LogP contribution is 2.20. The van der Waals surface area contributed by atoms with E-state index in [4.69, 9.17) is 10.5 Å². The van der Waals surface area contributed by atoms with Gasteiger partial charge in [0, 0.05) is 39.1 Å². The van der Waals surface area contributed by atoms with Crippen molar-refractivity contribution >= 4 is 29.0 Å². The fourth-order valence-corrected chi connectivity index (χ4v) is 3.09. The number of ether oxygens (including phenoxy) is 1. The summed E-state index contributed by atoms with van der Waals surface area (Å²) in [5, 5.41) is 2.20. The first-order valence-electron chi connectivity index (χ1n) is 10.2. The van der Waals surface area contributed by atoms with E-state index in [0.717, 1.165) is 27.7 Å². The number of nitrogens with one attached hydrogen (secondary N) is 2. The Morgan fingerprint density at radius 1 is 1.24 bits per heavy atom. The second-order valence-electron chi connectivity index (χ2n) is 7.71. The van der Waals surface area contributed by atoms with Crippen LogP contribution in [0.3, 0.4) is 0 Å². The van der Waals surface area contributed by atoms with Gasteiger partial charge in [-0.2, -0.15) is 0 Å². The quantitative estimate of drug-likeness (QED) is 0.483. The standard InChI is InChI=1S/C21H27F2N5O5/c1-12(2)11-28-19(24)18(20(31)26-21(28)32)27(8-9-33-3)17(30)7-6-16(29)25-15-10-13(22)4-5-14(15)23/h4-5,10,12H,6-9,11,24H2,1-3H3,(H,25,29)(H,26,31,32). The number of nitrogens with zero attached hydrogens (tertiary/aromatic N) is 2. The average molecular weight is 467 g/mol. The number of nitrogens with two attached hydrogens (primary N) is 1. The number of rotatable bonds is 10. The van der Waals surface area contributed by atoms with Gasteiger partial charge in [-0.1, -0.05) is 13.8 Å². The lowest BCUT2D eigenvalue weighted by Gasteiger charge is -2.24. The molecule has 12 heteroatoms. The van der Waals surface area contributed by atoms with Crippen molar-refractivity contribution in [3.8, 4) is 0 Å². The van der Waals surface area contributed by atoms with Crippen molar-refractivity contribution < 1.29 is 23.1 Å². The molecular weight excluding hydrogens is 440 g/mol. The van der Waals surface area contributed by atoms with Crippen LogP contribution in [0.1, 0.15) is 26.7 Å². The van der Waals surface area contributed by atoms with Crippen LogP contribution in [0.4, 0.5) is 26.0 Å². The molecule has 1 aromatic heterocycles. The molecule has 0 radical (unpaired) electrons. The van der Waals surface area contributed by atoms with Gasteiger partial charge in [0.15, 0.2) is 5.69 Å². The Balaban J connectivity index is 2.25. The Bertz CT molecular complexity index is 1130. The number of halogens is 2. The molecule has 0 fully saturated rings. The van der Waals surface area contributed by atoms with Gasteiger partial charge in [-0.25, -0.2) is 13.6 Å². The third-order valence-corrected chi connectivity index (χ3v) is 4.62.